The summed E-state index contributed by atoms with van der Waals surface area (Å²) in [6.07, 6.45) is 1.56. The van der Waals surface area contributed by atoms with Gasteiger partial charge in [0.1, 0.15) is 17.2 Å². The second kappa shape index (κ2) is 7.46. The molecule has 0 spiro atoms. The molecule has 1 aromatic heterocycles. The van der Waals surface area contributed by atoms with Crippen LogP contribution in [0.3, 0.4) is 0 Å². The first-order valence-electron chi connectivity index (χ1n) is 6.26. The summed E-state index contributed by atoms with van der Waals surface area (Å²) in [5.41, 5.74) is 3.41. The fraction of sp³-hybridized carbons (Fsp3) is 0.214. The molecule has 0 amide bonds. The largest absolute Gasteiger partial charge is 0.496 e. The van der Waals surface area contributed by atoms with Crippen LogP contribution in [0.5, 0.6) is 17.2 Å². The van der Waals surface area contributed by atoms with Crippen LogP contribution in [-0.4, -0.2) is 37.7 Å². The van der Waals surface area contributed by atoms with Gasteiger partial charge < -0.3 is 14.2 Å². The molecule has 0 bridgehead atoms. The third-order valence-corrected chi connectivity index (χ3v) is 2.96. The van der Waals surface area contributed by atoms with Crippen LogP contribution in [0, 0.1) is 0 Å². The number of nitrogens with zero attached hydrogens (tertiary/aromatic N) is 3. The average molecular weight is 323 g/mol. The maximum atomic E-state index is 5.66. The Morgan fingerprint density at radius 3 is 2.23 bits per heavy atom. The fourth-order valence-corrected chi connectivity index (χ4v) is 1.80. The summed E-state index contributed by atoms with van der Waals surface area (Å²) in [6.45, 7) is 0. The van der Waals surface area contributed by atoms with Gasteiger partial charge in [-0.3, -0.25) is 5.43 Å². The van der Waals surface area contributed by atoms with Crippen molar-refractivity contribution in [1.29, 1.82) is 0 Å². The maximum Gasteiger partial charge on any atom is 0.168 e. The summed E-state index contributed by atoms with van der Waals surface area (Å²) in [5.74, 6) is 2.24. The van der Waals surface area contributed by atoms with Gasteiger partial charge >= 0.3 is 0 Å². The number of ether oxygens (including phenoxy) is 3. The zero-order valence-electron chi connectivity index (χ0n) is 12.3. The van der Waals surface area contributed by atoms with Gasteiger partial charge in [-0.1, -0.05) is 11.6 Å². The molecule has 7 nitrogen and oxygen atoms in total. The molecule has 1 heterocycles. The van der Waals surface area contributed by atoms with E-state index in [4.69, 9.17) is 25.8 Å². The number of halogens is 1. The molecule has 0 unspecified atom stereocenters. The van der Waals surface area contributed by atoms with Gasteiger partial charge in [0.15, 0.2) is 11.0 Å². The van der Waals surface area contributed by atoms with Gasteiger partial charge in [0.25, 0.3) is 0 Å². The highest BCUT2D eigenvalue weighted by molar-refractivity contribution is 6.29. The monoisotopic (exact) mass is 322 g/mol. The van der Waals surface area contributed by atoms with E-state index >= 15 is 0 Å². The van der Waals surface area contributed by atoms with E-state index in [1.807, 2.05) is 0 Å². The first-order valence-corrected chi connectivity index (χ1v) is 6.64. The third-order valence-electron chi connectivity index (χ3n) is 2.76. The number of methoxy groups -OCH3 is 3. The van der Waals surface area contributed by atoms with Crippen LogP contribution in [0.2, 0.25) is 5.15 Å². The lowest BCUT2D eigenvalue weighted by molar-refractivity contribution is 0.374. The Hall–Kier alpha value is -2.54. The number of anilines is 1. The lowest BCUT2D eigenvalue weighted by atomic mass is 10.2. The molecule has 1 aromatic carbocycles. The number of nitrogens with one attached hydrogen (secondary N) is 1. The highest BCUT2D eigenvalue weighted by Crippen LogP contribution is 2.32. The topological polar surface area (TPSA) is 77.9 Å². The second-order valence-corrected chi connectivity index (χ2v) is 4.44. The van der Waals surface area contributed by atoms with E-state index in [0.29, 0.717) is 33.8 Å². The van der Waals surface area contributed by atoms with E-state index < -0.39 is 0 Å². The van der Waals surface area contributed by atoms with Crippen LogP contribution in [0.25, 0.3) is 0 Å². The number of hydrogen-bond acceptors (Lipinski definition) is 7. The molecule has 0 fully saturated rings. The molecule has 0 saturated carbocycles. The van der Waals surface area contributed by atoms with E-state index in [1.54, 1.807) is 51.8 Å². The molecule has 8 heteroatoms. The SMILES string of the molecule is COc1cc(OC)c(C=NNc2ccc(Cl)nn2)c(OC)c1. The smallest absolute Gasteiger partial charge is 0.168 e. The van der Waals surface area contributed by atoms with Crippen LogP contribution >= 0.6 is 11.6 Å². The predicted molar refractivity (Wildman–Crippen MR) is 84.4 cm³/mol. The second-order valence-electron chi connectivity index (χ2n) is 4.06. The highest BCUT2D eigenvalue weighted by atomic mass is 35.5. The molecule has 2 rings (SSSR count). The predicted octanol–water partition coefficient (Wildman–Crippen LogP) is 2.60. The van der Waals surface area contributed by atoms with Crippen LogP contribution in [0.1, 0.15) is 5.56 Å². The Kier molecular flexibility index (Phi) is 5.37. The minimum absolute atomic E-state index is 0.313. The summed E-state index contributed by atoms with van der Waals surface area (Å²) in [4.78, 5) is 0. The number of rotatable bonds is 6. The summed E-state index contributed by atoms with van der Waals surface area (Å²) in [6, 6.07) is 6.76. The molecule has 0 saturated heterocycles. The first kappa shape index (κ1) is 15.8. The van der Waals surface area contributed by atoms with E-state index in [2.05, 4.69) is 20.7 Å². The Morgan fingerprint density at radius 1 is 1.05 bits per heavy atom. The van der Waals surface area contributed by atoms with Gasteiger partial charge in [-0.25, -0.2) is 0 Å². The maximum absolute atomic E-state index is 5.66. The molecule has 1 N–H and O–H groups in total. The Bertz CT molecular complexity index is 637. The Labute approximate surface area is 132 Å². The van der Waals surface area contributed by atoms with E-state index in [-0.39, 0.29) is 0 Å². The van der Waals surface area contributed by atoms with Crippen molar-refractivity contribution in [3.8, 4) is 17.2 Å². The lowest BCUT2D eigenvalue weighted by Gasteiger charge is -2.12. The molecule has 0 aliphatic rings. The van der Waals surface area contributed by atoms with Crippen LogP contribution < -0.4 is 19.6 Å². The molecule has 2 aromatic rings. The zero-order chi connectivity index (χ0) is 15.9. The van der Waals surface area contributed by atoms with Gasteiger partial charge in [0.05, 0.1) is 33.1 Å². The van der Waals surface area contributed by atoms with Crippen LogP contribution in [0.15, 0.2) is 29.4 Å². The van der Waals surface area contributed by atoms with Crippen molar-refractivity contribution in [3.05, 3.63) is 35.0 Å². The van der Waals surface area contributed by atoms with Crippen molar-refractivity contribution in [3.63, 3.8) is 0 Å². The first-order chi connectivity index (χ1) is 10.7. The van der Waals surface area contributed by atoms with Crippen molar-refractivity contribution in [2.24, 2.45) is 5.10 Å². The molecule has 0 aliphatic carbocycles. The quantitative estimate of drug-likeness (QED) is 0.650. The Balaban J connectivity index is 2.23. The van der Waals surface area contributed by atoms with Crippen LogP contribution in [-0.2, 0) is 0 Å². The van der Waals surface area contributed by atoms with E-state index in [9.17, 15) is 0 Å². The molecule has 22 heavy (non-hydrogen) atoms. The van der Waals surface area contributed by atoms with Crippen molar-refractivity contribution in [2.45, 2.75) is 0 Å². The third kappa shape index (κ3) is 3.76. The number of hydrazone groups is 1. The summed E-state index contributed by atoms with van der Waals surface area (Å²) >= 11 is 5.66. The van der Waals surface area contributed by atoms with Crippen molar-refractivity contribution >= 4 is 23.6 Å². The molecule has 0 radical (unpaired) electrons. The Morgan fingerprint density at radius 2 is 1.73 bits per heavy atom. The molecule has 0 atom stereocenters. The van der Waals surface area contributed by atoms with E-state index in [1.165, 1.54) is 0 Å². The van der Waals surface area contributed by atoms with Gasteiger partial charge in [-0.2, -0.15) is 5.10 Å². The highest BCUT2D eigenvalue weighted by Gasteiger charge is 2.11. The van der Waals surface area contributed by atoms with Gasteiger partial charge in [0, 0.05) is 12.1 Å². The lowest BCUT2D eigenvalue weighted by Crippen LogP contribution is -2.00. The number of benzene rings is 1. The summed E-state index contributed by atoms with van der Waals surface area (Å²) < 4.78 is 15.8. The van der Waals surface area contributed by atoms with Gasteiger partial charge in [-0.05, 0) is 12.1 Å². The standard InChI is InChI=1S/C14H15ClN4O3/c1-20-9-6-11(21-2)10(12(7-9)22-3)8-16-18-14-5-4-13(15)17-19-14/h4-8H,1-3H3,(H,18,19). The molecular formula is C14H15ClN4O3. The minimum atomic E-state index is 0.313. The molecular weight excluding hydrogens is 308 g/mol. The summed E-state index contributed by atoms with van der Waals surface area (Å²) in [7, 11) is 4.69. The number of aromatic nitrogens is 2. The number of hydrogen-bond donors (Lipinski definition) is 1. The zero-order valence-corrected chi connectivity index (χ0v) is 13.1. The normalized spacial score (nSPS) is 10.5. The minimum Gasteiger partial charge on any atom is -0.496 e. The summed E-state index contributed by atoms with van der Waals surface area (Å²) in [5, 5.41) is 11.9. The molecule has 0 aliphatic heterocycles. The molecule has 116 valence electrons. The van der Waals surface area contributed by atoms with Gasteiger partial charge in [-0.15, -0.1) is 10.2 Å². The average Bonchev–Trinajstić information content (AvgIpc) is 2.56. The van der Waals surface area contributed by atoms with Crippen molar-refractivity contribution < 1.29 is 14.2 Å². The van der Waals surface area contributed by atoms with E-state index in [0.717, 1.165) is 0 Å². The van der Waals surface area contributed by atoms with Crippen molar-refractivity contribution in [2.75, 3.05) is 26.8 Å². The van der Waals surface area contributed by atoms with Crippen molar-refractivity contribution in [1.82, 2.24) is 10.2 Å². The fourth-order valence-electron chi connectivity index (χ4n) is 1.70. The van der Waals surface area contributed by atoms with Gasteiger partial charge in [0.2, 0.25) is 0 Å². The van der Waals surface area contributed by atoms with Crippen LogP contribution in [0.4, 0.5) is 5.82 Å².